The minimum absolute atomic E-state index is 0.00450. The van der Waals surface area contributed by atoms with Crippen LogP contribution in [0.4, 0.5) is 0 Å². The number of pyridine rings is 1. The third-order valence-electron chi connectivity index (χ3n) is 8.90. The van der Waals surface area contributed by atoms with E-state index in [9.17, 15) is 24.3 Å². The number of carbonyl (C=O) groups is 4. The van der Waals surface area contributed by atoms with E-state index in [4.69, 9.17) is 9.47 Å². The number of aliphatic hydroxyl groups excluding tert-OH is 1. The first-order valence-electron chi connectivity index (χ1n) is 17.3. The second-order valence-corrected chi connectivity index (χ2v) is 15.1. The molecule has 0 unspecified atom stereocenters. The van der Waals surface area contributed by atoms with Gasteiger partial charge in [0.1, 0.15) is 6.73 Å². The summed E-state index contributed by atoms with van der Waals surface area (Å²) in [6.45, 7) is 11.8. The Kier molecular flexibility index (Phi) is 15.5. The maximum absolute atomic E-state index is 13.9. The Labute approximate surface area is 302 Å². The summed E-state index contributed by atoms with van der Waals surface area (Å²) in [5.74, 6) is -2.26. The maximum Gasteiger partial charge on any atom is 0.306 e. The molecule has 0 spiro atoms. The zero-order chi connectivity index (χ0) is 37.6. The number of methoxy groups -OCH3 is 1. The molecule has 11 heteroatoms. The van der Waals surface area contributed by atoms with Crippen molar-refractivity contribution in [3.63, 3.8) is 0 Å². The molecular weight excluding hydrogens is 648 g/mol. The van der Waals surface area contributed by atoms with E-state index >= 15 is 0 Å². The monoisotopic (exact) mass is 702 g/mol. The van der Waals surface area contributed by atoms with Gasteiger partial charge in [-0.25, -0.2) is 5.01 Å². The van der Waals surface area contributed by atoms with Gasteiger partial charge < -0.3 is 14.6 Å². The zero-order valence-corrected chi connectivity index (χ0v) is 30.9. The van der Waals surface area contributed by atoms with Crippen molar-refractivity contribution in [3.8, 4) is 11.3 Å². The van der Waals surface area contributed by atoms with Crippen LogP contribution in [0, 0.1) is 22.7 Å². The fraction of sp³-hybridized carbons (Fsp3) is 0.475. The predicted molar refractivity (Wildman–Crippen MR) is 195 cm³/mol. The molecule has 3 rings (SSSR count). The SMILES string of the molecule is COC(=O)C[C@H](C(=O)NN(Cc1ccc(-c2ccccn2)cc1)C[C@H](O)[C@@H](CC(=O)[C@@H](NCOC=O)C(C)(C)C)Cc1ccccc1)C(C)(C)C. The predicted octanol–water partition coefficient (Wildman–Crippen LogP) is 5.12. The molecule has 2 aromatic carbocycles. The van der Waals surface area contributed by atoms with Crippen LogP contribution in [0.25, 0.3) is 11.3 Å². The number of ether oxygens (including phenoxy) is 2. The number of carbonyl (C=O) groups excluding carboxylic acids is 4. The average Bonchev–Trinajstić information content (AvgIpc) is 3.08. The lowest BCUT2D eigenvalue weighted by molar-refractivity contribution is -0.148. The highest BCUT2D eigenvalue weighted by Gasteiger charge is 2.37. The number of hydrogen-bond donors (Lipinski definition) is 3. The maximum atomic E-state index is 13.9. The molecule has 1 heterocycles. The van der Waals surface area contributed by atoms with Crippen LogP contribution in [0.15, 0.2) is 79.0 Å². The molecule has 1 amide bonds. The first kappa shape index (κ1) is 41.0. The van der Waals surface area contributed by atoms with Gasteiger partial charge in [-0.15, -0.1) is 0 Å². The van der Waals surface area contributed by atoms with Gasteiger partial charge in [-0.3, -0.25) is 34.9 Å². The lowest BCUT2D eigenvalue weighted by Gasteiger charge is -2.35. The first-order valence-corrected chi connectivity index (χ1v) is 17.3. The molecule has 0 saturated heterocycles. The topological polar surface area (TPSA) is 147 Å². The molecule has 3 aromatic rings. The standard InChI is InChI=1S/C40H54N4O7/c1-39(2,3)32(23-36(48)50-7)38(49)43-44(24-29-16-18-30(19-17-29)33-15-11-12-20-41-33)25-35(47)31(21-28-13-9-8-10-14-28)22-34(46)37(40(4,5)6)42-26-51-27-45/h8-20,27,31-32,35,37,42,47H,21-26H2,1-7H3,(H,43,49)/t31-,32-,35+,37-/m1/s1. The van der Waals surface area contributed by atoms with Crippen LogP contribution in [0.5, 0.6) is 0 Å². The summed E-state index contributed by atoms with van der Waals surface area (Å²) in [4.78, 5) is 55.3. The average molecular weight is 703 g/mol. The first-order chi connectivity index (χ1) is 24.1. The van der Waals surface area contributed by atoms with Crippen molar-refractivity contribution < 1.29 is 33.8 Å². The molecule has 0 fully saturated rings. The summed E-state index contributed by atoms with van der Waals surface area (Å²) >= 11 is 0. The van der Waals surface area contributed by atoms with Gasteiger partial charge in [0.05, 0.1) is 37.3 Å². The number of hydrogen-bond acceptors (Lipinski definition) is 10. The van der Waals surface area contributed by atoms with Gasteiger partial charge in [-0.05, 0) is 46.4 Å². The molecule has 0 bridgehead atoms. The summed E-state index contributed by atoms with van der Waals surface area (Å²) in [5, 5.41) is 16.6. The van der Waals surface area contributed by atoms with Crippen LogP contribution in [0.1, 0.15) is 65.5 Å². The Morgan fingerprint density at radius 3 is 2.12 bits per heavy atom. The van der Waals surface area contributed by atoms with E-state index in [0.717, 1.165) is 22.4 Å². The van der Waals surface area contributed by atoms with Gasteiger partial charge >= 0.3 is 5.97 Å². The molecule has 11 nitrogen and oxygen atoms in total. The van der Waals surface area contributed by atoms with Crippen LogP contribution in [-0.4, -0.2) is 71.8 Å². The summed E-state index contributed by atoms with van der Waals surface area (Å²) in [6, 6.07) is 22.5. The largest absolute Gasteiger partial charge is 0.469 e. The van der Waals surface area contributed by atoms with E-state index in [-0.39, 0.29) is 44.4 Å². The number of rotatable bonds is 19. The fourth-order valence-corrected chi connectivity index (χ4v) is 6.04. The number of nitrogens with zero attached hydrogens (tertiary/aromatic N) is 2. The Balaban J connectivity index is 1.94. The molecule has 0 aliphatic rings. The second kappa shape index (κ2) is 19.2. The van der Waals surface area contributed by atoms with Gasteiger partial charge in [0, 0.05) is 31.3 Å². The summed E-state index contributed by atoms with van der Waals surface area (Å²) in [6.07, 6.45) is 1.00. The van der Waals surface area contributed by atoms with Crippen molar-refractivity contribution in [1.29, 1.82) is 0 Å². The number of amides is 1. The Morgan fingerprint density at radius 2 is 1.55 bits per heavy atom. The minimum atomic E-state index is -1.05. The highest BCUT2D eigenvalue weighted by Crippen LogP contribution is 2.30. The van der Waals surface area contributed by atoms with E-state index in [1.807, 2.05) is 114 Å². The van der Waals surface area contributed by atoms with Crippen molar-refractivity contribution in [1.82, 2.24) is 20.7 Å². The molecular formula is C40H54N4O7. The third-order valence-corrected chi connectivity index (χ3v) is 8.90. The van der Waals surface area contributed by atoms with Crippen LogP contribution < -0.4 is 10.7 Å². The van der Waals surface area contributed by atoms with Gasteiger partial charge in [-0.1, -0.05) is 102 Å². The molecule has 1 aromatic heterocycles. The Bertz CT molecular complexity index is 1540. The van der Waals surface area contributed by atoms with Crippen molar-refractivity contribution in [2.75, 3.05) is 20.4 Å². The number of ketones is 1. The smallest absolute Gasteiger partial charge is 0.306 e. The molecule has 0 aliphatic heterocycles. The third kappa shape index (κ3) is 13.3. The summed E-state index contributed by atoms with van der Waals surface area (Å²) < 4.78 is 9.74. The minimum Gasteiger partial charge on any atom is -0.469 e. The van der Waals surface area contributed by atoms with Gasteiger partial charge in [0.2, 0.25) is 5.91 Å². The number of hydrazine groups is 1. The van der Waals surface area contributed by atoms with E-state index < -0.39 is 40.8 Å². The van der Waals surface area contributed by atoms with E-state index in [1.54, 1.807) is 11.2 Å². The molecule has 276 valence electrons. The molecule has 0 aliphatic carbocycles. The molecule has 3 N–H and O–H groups in total. The Hall–Kier alpha value is -4.45. The Morgan fingerprint density at radius 1 is 0.882 bits per heavy atom. The van der Waals surface area contributed by atoms with Gasteiger partial charge in [0.15, 0.2) is 5.78 Å². The van der Waals surface area contributed by atoms with Crippen LogP contribution >= 0.6 is 0 Å². The highest BCUT2D eigenvalue weighted by atomic mass is 16.5. The number of esters is 1. The number of aliphatic hydroxyl groups is 1. The molecule has 0 radical (unpaired) electrons. The number of nitrogens with one attached hydrogen (secondary N) is 2. The van der Waals surface area contributed by atoms with Crippen LogP contribution in [0.3, 0.4) is 0 Å². The molecule has 0 saturated carbocycles. The van der Waals surface area contributed by atoms with Crippen LogP contribution in [0.2, 0.25) is 0 Å². The highest BCUT2D eigenvalue weighted by molar-refractivity contribution is 5.85. The lowest BCUT2D eigenvalue weighted by Crippen LogP contribution is -2.52. The van der Waals surface area contributed by atoms with Gasteiger partial charge in [-0.2, -0.15) is 0 Å². The van der Waals surface area contributed by atoms with E-state index in [2.05, 4.69) is 15.7 Å². The zero-order valence-electron chi connectivity index (χ0n) is 30.9. The fourth-order valence-electron chi connectivity index (χ4n) is 6.04. The normalized spacial score (nSPS) is 14.2. The van der Waals surface area contributed by atoms with Crippen molar-refractivity contribution in [2.45, 2.75) is 79.5 Å². The van der Waals surface area contributed by atoms with Crippen molar-refractivity contribution in [2.24, 2.45) is 22.7 Å². The van der Waals surface area contributed by atoms with Crippen molar-refractivity contribution >= 4 is 24.1 Å². The number of benzene rings is 2. The number of aromatic nitrogens is 1. The van der Waals surface area contributed by atoms with Gasteiger partial charge in [0.25, 0.3) is 6.47 Å². The van der Waals surface area contributed by atoms with E-state index in [1.165, 1.54) is 7.11 Å². The quantitative estimate of drug-likeness (QED) is 0.0506. The van der Waals surface area contributed by atoms with Crippen LogP contribution in [-0.2, 0) is 41.6 Å². The number of Topliss-reactive ketones (excluding diaryl/α,β-unsaturated/α-hetero) is 1. The molecule has 4 atom stereocenters. The summed E-state index contributed by atoms with van der Waals surface area (Å²) in [7, 11) is 1.29. The second-order valence-electron chi connectivity index (χ2n) is 15.1. The van der Waals surface area contributed by atoms with Crippen molar-refractivity contribution in [3.05, 3.63) is 90.1 Å². The summed E-state index contributed by atoms with van der Waals surface area (Å²) in [5.41, 5.74) is 5.50. The lowest BCUT2D eigenvalue weighted by atomic mass is 9.78. The van der Waals surface area contributed by atoms with E-state index in [0.29, 0.717) is 12.9 Å². The molecule has 51 heavy (non-hydrogen) atoms.